The maximum atomic E-state index is 12.0. The van der Waals surface area contributed by atoms with Gasteiger partial charge in [0.1, 0.15) is 0 Å². The van der Waals surface area contributed by atoms with Gasteiger partial charge in [0.2, 0.25) is 0 Å². The van der Waals surface area contributed by atoms with Gasteiger partial charge in [0, 0.05) is 11.9 Å². The van der Waals surface area contributed by atoms with Crippen molar-refractivity contribution in [1.82, 2.24) is 10.3 Å². The van der Waals surface area contributed by atoms with Crippen LogP contribution in [0.15, 0.2) is 18.3 Å². The van der Waals surface area contributed by atoms with Gasteiger partial charge in [0.25, 0.3) is 5.91 Å². The number of amides is 1. The highest BCUT2D eigenvalue weighted by molar-refractivity contribution is 7.91. The van der Waals surface area contributed by atoms with Crippen molar-refractivity contribution in [1.29, 1.82) is 0 Å². The summed E-state index contributed by atoms with van der Waals surface area (Å²) in [6.07, 6.45) is 1.96. The van der Waals surface area contributed by atoms with Crippen LogP contribution in [-0.4, -0.2) is 36.4 Å². The lowest BCUT2D eigenvalue weighted by atomic mass is 10.0. The first kappa shape index (κ1) is 13.0. The van der Waals surface area contributed by atoms with Crippen LogP contribution in [-0.2, 0) is 9.84 Å². The lowest BCUT2D eigenvalue weighted by Crippen LogP contribution is -2.46. The molecular weight excluding hydrogens is 252 g/mol. The molecule has 6 heteroatoms. The first-order valence-corrected chi connectivity index (χ1v) is 7.57. The summed E-state index contributed by atoms with van der Waals surface area (Å²) < 4.78 is 22.9. The fraction of sp³-hybridized carbons (Fsp3) is 0.500. The number of pyridine rings is 1. The third kappa shape index (κ3) is 2.87. The fourth-order valence-electron chi connectivity index (χ4n) is 2.06. The number of hydrogen-bond acceptors (Lipinski definition) is 4. The van der Waals surface area contributed by atoms with Gasteiger partial charge in [-0.15, -0.1) is 0 Å². The summed E-state index contributed by atoms with van der Waals surface area (Å²) in [5.41, 5.74) is 0.619. The molecule has 1 fully saturated rings. The topological polar surface area (TPSA) is 76.1 Å². The Morgan fingerprint density at radius 1 is 1.44 bits per heavy atom. The lowest BCUT2D eigenvalue weighted by Gasteiger charge is -2.23. The third-order valence-electron chi connectivity index (χ3n) is 3.09. The Morgan fingerprint density at radius 3 is 2.67 bits per heavy atom. The first-order chi connectivity index (χ1) is 8.30. The fourth-order valence-corrected chi connectivity index (χ4v) is 4.15. The van der Waals surface area contributed by atoms with E-state index in [1.807, 2.05) is 6.92 Å². The number of carbonyl (C=O) groups is 1. The van der Waals surface area contributed by atoms with E-state index in [1.54, 1.807) is 19.1 Å². The quantitative estimate of drug-likeness (QED) is 0.856. The van der Waals surface area contributed by atoms with Crippen molar-refractivity contribution in [2.75, 3.05) is 11.5 Å². The number of hydrogen-bond donors (Lipinski definition) is 1. The summed E-state index contributed by atoms with van der Waals surface area (Å²) in [5, 5.41) is 2.79. The monoisotopic (exact) mass is 268 g/mol. The van der Waals surface area contributed by atoms with E-state index in [4.69, 9.17) is 0 Å². The first-order valence-electron chi connectivity index (χ1n) is 5.75. The van der Waals surface area contributed by atoms with Gasteiger partial charge in [-0.1, -0.05) is 0 Å². The summed E-state index contributed by atoms with van der Waals surface area (Å²) in [4.78, 5) is 16.0. The zero-order valence-corrected chi connectivity index (χ0v) is 11.3. The number of sulfone groups is 1. The molecule has 5 nitrogen and oxygen atoms in total. The Morgan fingerprint density at radius 2 is 2.17 bits per heavy atom. The molecule has 1 aliphatic heterocycles. The molecule has 1 unspecified atom stereocenters. The number of rotatable bonds is 2. The van der Waals surface area contributed by atoms with Crippen LogP contribution in [0.2, 0.25) is 0 Å². The number of nitrogens with zero attached hydrogens (tertiary/aromatic N) is 1. The van der Waals surface area contributed by atoms with E-state index >= 15 is 0 Å². The van der Waals surface area contributed by atoms with E-state index in [1.165, 1.54) is 6.20 Å². The van der Waals surface area contributed by atoms with Crippen LogP contribution in [0.1, 0.15) is 29.4 Å². The second-order valence-corrected chi connectivity index (χ2v) is 7.23. The van der Waals surface area contributed by atoms with E-state index in [9.17, 15) is 13.2 Å². The van der Waals surface area contributed by atoms with Crippen molar-refractivity contribution >= 4 is 15.7 Å². The molecule has 1 aliphatic rings. The Bertz CT molecular complexity index is 565. The number of carbonyl (C=O) groups excluding carboxylic acids is 1. The van der Waals surface area contributed by atoms with E-state index in [-0.39, 0.29) is 17.4 Å². The Hall–Kier alpha value is -1.43. The van der Waals surface area contributed by atoms with Gasteiger partial charge in [0.15, 0.2) is 9.84 Å². The largest absolute Gasteiger partial charge is 0.346 e. The molecule has 0 aliphatic carbocycles. The molecule has 1 aromatic heterocycles. The molecule has 1 N–H and O–H groups in total. The summed E-state index contributed by atoms with van der Waals surface area (Å²) in [6, 6.07) is 3.44. The minimum absolute atomic E-state index is 0.00499. The average Bonchev–Trinajstić information content (AvgIpc) is 2.53. The van der Waals surface area contributed by atoms with Crippen molar-refractivity contribution in [3.8, 4) is 0 Å². The minimum Gasteiger partial charge on any atom is -0.346 e. The molecule has 98 valence electrons. The molecule has 1 aromatic rings. The van der Waals surface area contributed by atoms with Crippen LogP contribution in [0.25, 0.3) is 0 Å². The summed E-state index contributed by atoms with van der Waals surface area (Å²) >= 11 is 0. The zero-order chi connectivity index (χ0) is 13.4. The second-order valence-electron chi connectivity index (χ2n) is 5.05. The Kier molecular flexibility index (Phi) is 3.14. The normalized spacial score (nSPS) is 25.9. The minimum atomic E-state index is -3.02. The molecule has 1 atom stereocenters. The number of aromatic nitrogens is 1. The van der Waals surface area contributed by atoms with Crippen molar-refractivity contribution in [3.05, 3.63) is 29.6 Å². The van der Waals surface area contributed by atoms with E-state index in [0.717, 1.165) is 5.69 Å². The summed E-state index contributed by atoms with van der Waals surface area (Å²) in [7, 11) is -3.02. The molecule has 2 rings (SSSR count). The maximum absolute atomic E-state index is 12.0. The highest BCUT2D eigenvalue weighted by Gasteiger charge is 2.39. The molecule has 0 bridgehead atoms. The SMILES string of the molecule is Cc1ccc(C(=O)NC2(C)CCS(=O)(=O)C2)cn1. The van der Waals surface area contributed by atoms with Crippen LogP contribution in [0, 0.1) is 6.92 Å². The van der Waals surface area contributed by atoms with Gasteiger partial charge in [-0.2, -0.15) is 0 Å². The molecule has 0 saturated carbocycles. The molecule has 0 spiro atoms. The van der Waals surface area contributed by atoms with Gasteiger partial charge >= 0.3 is 0 Å². The zero-order valence-electron chi connectivity index (χ0n) is 10.4. The van der Waals surface area contributed by atoms with Crippen molar-refractivity contribution in [3.63, 3.8) is 0 Å². The predicted molar refractivity (Wildman–Crippen MR) is 68.1 cm³/mol. The van der Waals surface area contributed by atoms with Crippen LogP contribution in [0.5, 0.6) is 0 Å². The number of nitrogens with one attached hydrogen (secondary N) is 1. The van der Waals surface area contributed by atoms with E-state index in [2.05, 4.69) is 10.3 Å². The molecule has 18 heavy (non-hydrogen) atoms. The van der Waals surface area contributed by atoms with Gasteiger partial charge in [-0.05, 0) is 32.4 Å². The standard InChI is InChI=1S/C12H16N2O3S/c1-9-3-4-10(7-13-9)11(15)14-12(2)5-6-18(16,17)8-12/h3-4,7H,5-6,8H2,1-2H3,(H,14,15). The van der Waals surface area contributed by atoms with Crippen LogP contribution in [0.4, 0.5) is 0 Å². The van der Waals surface area contributed by atoms with E-state index < -0.39 is 15.4 Å². The summed E-state index contributed by atoms with van der Waals surface area (Å²) in [6.45, 7) is 3.60. The molecule has 0 radical (unpaired) electrons. The van der Waals surface area contributed by atoms with Gasteiger partial charge in [0.05, 0.1) is 22.6 Å². The van der Waals surface area contributed by atoms with Crippen molar-refractivity contribution < 1.29 is 13.2 Å². The third-order valence-corrected chi connectivity index (χ3v) is 5.00. The van der Waals surface area contributed by atoms with Crippen LogP contribution in [0.3, 0.4) is 0 Å². The highest BCUT2D eigenvalue weighted by Crippen LogP contribution is 2.23. The molecule has 1 amide bonds. The van der Waals surface area contributed by atoms with Crippen LogP contribution >= 0.6 is 0 Å². The Balaban J connectivity index is 2.10. The predicted octanol–water partition coefficient (Wildman–Crippen LogP) is 0.697. The van der Waals surface area contributed by atoms with Crippen molar-refractivity contribution in [2.45, 2.75) is 25.8 Å². The maximum Gasteiger partial charge on any atom is 0.253 e. The van der Waals surface area contributed by atoms with Gasteiger partial charge in [-0.3, -0.25) is 9.78 Å². The second kappa shape index (κ2) is 4.35. The Labute approximate surface area is 107 Å². The number of aryl methyl sites for hydroxylation is 1. The highest BCUT2D eigenvalue weighted by atomic mass is 32.2. The molecule has 1 saturated heterocycles. The van der Waals surface area contributed by atoms with Gasteiger partial charge in [-0.25, -0.2) is 8.42 Å². The molecular formula is C12H16N2O3S. The van der Waals surface area contributed by atoms with E-state index in [0.29, 0.717) is 12.0 Å². The summed E-state index contributed by atoms with van der Waals surface area (Å²) in [5.74, 6) is -0.136. The molecule has 2 heterocycles. The lowest BCUT2D eigenvalue weighted by molar-refractivity contribution is 0.0915. The van der Waals surface area contributed by atoms with Gasteiger partial charge < -0.3 is 5.32 Å². The van der Waals surface area contributed by atoms with Crippen molar-refractivity contribution in [2.24, 2.45) is 0 Å². The van der Waals surface area contributed by atoms with Crippen LogP contribution < -0.4 is 5.32 Å². The average molecular weight is 268 g/mol. The smallest absolute Gasteiger partial charge is 0.253 e. The molecule has 0 aromatic carbocycles.